The van der Waals surface area contributed by atoms with Crippen LogP contribution in [0.2, 0.25) is 0 Å². The van der Waals surface area contributed by atoms with E-state index < -0.39 is 29.8 Å². The van der Waals surface area contributed by atoms with Gasteiger partial charge in [0.25, 0.3) is 0 Å². The van der Waals surface area contributed by atoms with Gasteiger partial charge in [-0.1, -0.05) is 11.6 Å². The summed E-state index contributed by atoms with van der Waals surface area (Å²) in [6, 6.07) is 0. The number of esters is 1. The quantitative estimate of drug-likeness (QED) is 0.592. The van der Waals surface area contributed by atoms with Crippen LogP contribution in [-0.2, 0) is 9.53 Å². The Morgan fingerprint density at radius 1 is 1.47 bits per heavy atom. The number of halogens is 3. The maximum absolute atomic E-state index is 13.6. The predicted octanol–water partition coefficient (Wildman–Crippen LogP) is 2.73. The van der Waals surface area contributed by atoms with Crippen molar-refractivity contribution in [1.29, 1.82) is 0 Å². The minimum absolute atomic E-state index is 0.0424. The second-order valence-corrected chi connectivity index (χ2v) is 5.26. The maximum atomic E-state index is 13.6. The first-order chi connectivity index (χ1) is 8.77. The molecule has 3 atom stereocenters. The van der Waals surface area contributed by atoms with E-state index in [2.05, 4.69) is 0 Å². The zero-order valence-electron chi connectivity index (χ0n) is 10.7. The van der Waals surface area contributed by atoms with Gasteiger partial charge in [0.15, 0.2) is 0 Å². The molecule has 19 heavy (non-hydrogen) atoms. The van der Waals surface area contributed by atoms with Gasteiger partial charge >= 0.3 is 12.1 Å². The lowest BCUT2D eigenvalue weighted by atomic mass is 9.62. The van der Waals surface area contributed by atoms with Crippen LogP contribution in [0, 0.1) is 5.41 Å². The van der Waals surface area contributed by atoms with Crippen LogP contribution < -0.4 is 0 Å². The van der Waals surface area contributed by atoms with Crippen molar-refractivity contribution in [3.63, 3.8) is 0 Å². The molecule has 3 nitrogen and oxygen atoms in total. The molecule has 6 heteroatoms. The van der Waals surface area contributed by atoms with Crippen molar-refractivity contribution in [3.05, 3.63) is 11.6 Å². The molecule has 0 bridgehead atoms. The SMILES string of the molecule is CC(=O)O[C@H]1CCCC2=C[C@@H](O)CC[C@@]21C(F)(F)F. The molecule has 0 aromatic carbocycles. The molecule has 0 unspecified atom stereocenters. The largest absolute Gasteiger partial charge is 0.461 e. The van der Waals surface area contributed by atoms with Crippen molar-refractivity contribution in [1.82, 2.24) is 0 Å². The second kappa shape index (κ2) is 4.81. The number of carbonyl (C=O) groups is 1. The van der Waals surface area contributed by atoms with Gasteiger partial charge in [-0.05, 0) is 32.1 Å². The third kappa shape index (κ3) is 2.38. The van der Waals surface area contributed by atoms with Gasteiger partial charge in [0.05, 0.1) is 6.10 Å². The summed E-state index contributed by atoms with van der Waals surface area (Å²) in [7, 11) is 0. The highest BCUT2D eigenvalue weighted by Crippen LogP contribution is 2.57. The van der Waals surface area contributed by atoms with Crippen LogP contribution in [0.25, 0.3) is 0 Å². The molecule has 0 heterocycles. The van der Waals surface area contributed by atoms with Gasteiger partial charge in [-0.15, -0.1) is 0 Å². The molecule has 2 aliphatic rings. The van der Waals surface area contributed by atoms with Gasteiger partial charge in [-0.25, -0.2) is 0 Å². The van der Waals surface area contributed by atoms with Gasteiger partial charge in [-0.3, -0.25) is 4.79 Å². The molecule has 2 rings (SSSR count). The minimum atomic E-state index is -4.47. The van der Waals surface area contributed by atoms with E-state index in [1.165, 1.54) is 6.08 Å². The lowest BCUT2D eigenvalue weighted by Crippen LogP contribution is -2.54. The number of aliphatic hydroxyl groups excluding tert-OH is 1. The predicted molar refractivity (Wildman–Crippen MR) is 61.2 cm³/mol. The monoisotopic (exact) mass is 278 g/mol. The summed E-state index contributed by atoms with van der Waals surface area (Å²) in [6.07, 6.45) is -4.30. The van der Waals surface area contributed by atoms with Gasteiger partial charge < -0.3 is 9.84 Å². The highest BCUT2D eigenvalue weighted by molar-refractivity contribution is 5.66. The summed E-state index contributed by atoms with van der Waals surface area (Å²) < 4.78 is 45.7. The van der Waals surface area contributed by atoms with Crippen molar-refractivity contribution >= 4 is 5.97 Å². The van der Waals surface area contributed by atoms with Gasteiger partial charge in [0, 0.05) is 6.92 Å². The Balaban J connectivity index is 2.45. The Bertz CT molecular complexity index is 402. The van der Waals surface area contributed by atoms with Crippen molar-refractivity contribution < 1.29 is 27.8 Å². The fourth-order valence-electron chi connectivity index (χ4n) is 3.27. The Morgan fingerprint density at radius 3 is 2.74 bits per heavy atom. The van der Waals surface area contributed by atoms with Crippen molar-refractivity contribution in [3.8, 4) is 0 Å². The summed E-state index contributed by atoms with van der Waals surface area (Å²) in [5.41, 5.74) is -1.92. The Hall–Kier alpha value is -1.04. The molecule has 1 saturated carbocycles. The molecule has 2 aliphatic carbocycles. The minimum Gasteiger partial charge on any atom is -0.461 e. The van der Waals surface area contributed by atoms with Gasteiger partial charge in [0.2, 0.25) is 0 Å². The van der Waals surface area contributed by atoms with Crippen LogP contribution in [-0.4, -0.2) is 29.5 Å². The van der Waals surface area contributed by atoms with E-state index in [9.17, 15) is 23.1 Å². The first-order valence-electron chi connectivity index (χ1n) is 6.40. The maximum Gasteiger partial charge on any atom is 0.401 e. The van der Waals surface area contributed by atoms with Gasteiger partial charge in [0.1, 0.15) is 11.5 Å². The van der Waals surface area contributed by atoms with Crippen LogP contribution in [0.1, 0.15) is 39.0 Å². The zero-order valence-corrected chi connectivity index (χ0v) is 10.7. The number of hydrogen-bond donors (Lipinski definition) is 1. The standard InChI is InChI=1S/C13H17F3O3/c1-8(17)19-11-4-2-3-9-7-10(18)5-6-12(9,11)13(14,15)16/h7,10-11,18H,2-6H2,1H3/t10-,11-,12+/m0/s1. The lowest BCUT2D eigenvalue weighted by Gasteiger charge is -2.48. The molecule has 0 spiro atoms. The third-order valence-electron chi connectivity index (χ3n) is 4.08. The lowest BCUT2D eigenvalue weighted by molar-refractivity contribution is -0.255. The van der Waals surface area contributed by atoms with E-state index in [0.717, 1.165) is 6.92 Å². The number of carbonyl (C=O) groups excluding carboxylic acids is 1. The first kappa shape index (κ1) is 14.4. The van der Waals surface area contributed by atoms with Gasteiger partial charge in [-0.2, -0.15) is 13.2 Å². The fraction of sp³-hybridized carbons (Fsp3) is 0.769. The van der Waals surface area contributed by atoms with E-state index in [1.54, 1.807) is 0 Å². The average molecular weight is 278 g/mol. The number of fused-ring (bicyclic) bond motifs is 1. The van der Waals surface area contributed by atoms with E-state index in [1.807, 2.05) is 0 Å². The molecule has 1 N–H and O–H groups in total. The number of alkyl halides is 3. The van der Waals surface area contributed by atoms with Crippen LogP contribution in [0.4, 0.5) is 13.2 Å². The van der Waals surface area contributed by atoms with E-state index in [4.69, 9.17) is 4.74 Å². The summed E-state index contributed by atoms with van der Waals surface area (Å²) in [5, 5.41) is 9.54. The number of ether oxygens (including phenoxy) is 1. The molecule has 108 valence electrons. The van der Waals surface area contributed by atoms with E-state index in [0.29, 0.717) is 12.8 Å². The number of rotatable bonds is 1. The molecule has 0 radical (unpaired) electrons. The van der Waals surface area contributed by atoms with Crippen molar-refractivity contribution in [2.75, 3.05) is 0 Å². The van der Waals surface area contributed by atoms with Crippen LogP contribution in [0.5, 0.6) is 0 Å². The Kier molecular flexibility index (Phi) is 3.64. The normalized spacial score (nSPS) is 35.3. The Morgan fingerprint density at radius 2 is 2.16 bits per heavy atom. The molecule has 1 fully saturated rings. The highest BCUT2D eigenvalue weighted by atomic mass is 19.4. The third-order valence-corrected chi connectivity index (χ3v) is 4.08. The molecule has 0 aromatic rings. The first-order valence-corrected chi connectivity index (χ1v) is 6.40. The molecule has 0 amide bonds. The van der Waals surface area contributed by atoms with Crippen molar-refractivity contribution in [2.45, 2.75) is 57.4 Å². The van der Waals surface area contributed by atoms with Crippen LogP contribution in [0.3, 0.4) is 0 Å². The van der Waals surface area contributed by atoms with Crippen LogP contribution >= 0.6 is 0 Å². The number of aliphatic hydroxyl groups is 1. The van der Waals surface area contributed by atoms with E-state index in [-0.39, 0.29) is 24.8 Å². The zero-order chi connectivity index (χ0) is 14.3. The fourth-order valence-corrected chi connectivity index (χ4v) is 3.27. The summed E-state index contributed by atoms with van der Waals surface area (Å²) in [4.78, 5) is 11.1. The molecule has 0 aromatic heterocycles. The molecule has 0 saturated heterocycles. The average Bonchev–Trinajstić information content (AvgIpc) is 2.26. The van der Waals surface area contributed by atoms with Crippen LogP contribution in [0.15, 0.2) is 11.6 Å². The second-order valence-electron chi connectivity index (χ2n) is 5.26. The summed E-state index contributed by atoms with van der Waals surface area (Å²) in [6.45, 7) is 1.12. The van der Waals surface area contributed by atoms with Crippen molar-refractivity contribution in [2.24, 2.45) is 5.41 Å². The van der Waals surface area contributed by atoms with E-state index >= 15 is 0 Å². The molecular formula is C13H17F3O3. The number of hydrogen-bond acceptors (Lipinski definition) is 3. The molecule has 0 aliphatic heterocycles. The highest BCUT2D eigenvalue weighted by Gasteiger charge is 2.64. The topological polar surface area (TPSA) is 46.5 Å². The smallest absolute Gasteiger partial charge is 0.401 e. The summed E-state index contributed by atoms with van der Waals surface area (Å²) >= 11 is 0. The summed E-state index contributed by atoms with van der Waals surface area (Å²) in [5.74, 6) is -0.694. The molecular weight excluding hydrogens is 261 g/mol. The Labute approximate surface area is 109 Å².